The van der Waals surface area contributed by atoms with Crippen LogP contribution in [0.2, 0.25) is 0 Å². The van der Waals surface area contributed by atoms with Crippen LogP contribution in [0.4, 0.5) is 0 Å². The van der Waals surface area contributed by atoms with Crippen molar-refractivity contribution in [3.63, 3.8) is 0 Å². The van der Waals surface area contributed by atoms with E-state index in [2.05, 4.69) is 15.9 Å². The SMILES string of the molecule is CC(O)C1CCCCN1C(=O)Cn1cc(Br)ccc1=O. The summed E-state index contributed by atoms with van der Waals surface area (Å²) in [5.74, 6) is -0.115. The Morgan fingerprint density at radius 3 is 2.95 bits per heavy atom. The molecule has 1 N–H and O–H groups in total. The van der Waals surface area contributed by atoms with Gasteiger partial charge in [0, 0.05) is 23.3 Å². The molecule has 0 saturated carbocycles. The van der Waals surface area contributed by atoms with Gasteiger partial charge in [0.05, 0.1) is 12.1 Å². The van der Waals surface area contributed by atoms with Gasteiger partial charge < -0.3 is 14.6 Å². The van der Waals surface area contributed by atoms with Crippen molar-refractivity contribution in [3.05, 3.63) is 33.2 Å². The molecular weight excluding hydrogens is 324 g/mol. The number of amides is 1. The first-order valence-corrected chi connectivity index (χ1v) is 7.62. The minimum Gasteiger partial charge on any atom is -0.391 e. The topological polar surface area (TPSA) is 62.5 Å². The monoisotopic (exact) mass is 342 g/mol. The molecule has 5 nitrogen and oxygen atoms in total. The van der Waals surface area contributed by atoms with Crippen molar-refractivity contribution in [1.29, 1.82) is 0 Å². The lowest BCUT2D eigenvalue weighted by molar-refractivity contribution is -0.138. The van der Waals surface area contributed by atoms with Gasteiger partial charge in [0.25, 0.3) is 5.56 Å². The number of piperidine rings is 1. The van der Waals surface area contributed by atoms with Gasteiger partial charge in [-0.2, -0.15) is 0 Å². The number of carbonyl (C=O) groups is 1. The van der Waals surface area contributed by atoms with Crippen LogP contribution in [-0.4, -0.2) is 39.2 Å². The molecule has 0 aliphatic carbocycles. The fraction of sp³-hybridized carbons (Fsp3) is 0.571. The quantitative estimate of drug-likeness (QED) is 0.902. The van der Waals surface area contributed by atoms with E-state index < -0.39 is 6.10 Å². The summed E-state index contributed by atoms with van der Waals surface area (Å²) >= 11 is 3.29. The summed E-state index contributed by atoms with van der Waals surface area (Å²) in [5, 5.41) is 9.79. The van der Waals surface area contributed by atoms with Gasteiger partial charge in [0.2, 0.25) is 5.91 Å². The molecule has 1 aliphatic heterocycles. The van der Waals surface area contributed by atoms with Crippen molar-refractivity contribution in [2.75, 3.05) is 6.54 Å². The van der Waals surface area contributed by atoms with Gasteiger partial charge in [-0.15, -0.1) is 0 Å². The lowest BCUT2D eigenvalue weighted by Crippen LogP contribution is -2.50. The van der Waals surface area contributed by atoms with Gasteiger partial charge in [-0.3, -0.25) is 9.59 Å². The van der Waals surface area contributed by atoms with Crippen LogP contribution in [0.1, 0.15) is 26.2 Å². The highest BCUT2D eigenvalue weighted by Gasteiger charge is 2.29. The Balaban J connectivity index is 2.14. The van der Waals surface area contributed by atoms with E-state index in [1.165, 1.54) is 10.6 Å². The van der Waals surface area contributed by atoms with Crippen molar-refractivity contribution in [2.24, 2.45) is 0 Å². The maximum atomic E-state index is 12.4. The minimum absolute atomic E-state index is 0.0154. The Bertz CT molecular complexity index is 541. The number of aromatic nitrogens is 1. The van der Waals surface area contributed by atoms with Gasteiger partial charge >= 0.3 is 0 Å². The van der Waals surface area contributed by atoms with E-state index >= 15 is 0 Å². The zero-order valence-electron chi connectivity index (χ0n) is 11.5. The second-order valence-corrected chi connectivity index (χ2v) is 6.12. The zero-order chi connectivity index (χ0) is 14.7. The second-order valence-electron chi connectivity index (χ2n) is 5.20. The normalized spacial score (nSPS) is 20.8. The van der Waals surface area contributed by atoms with Gasteiger partial charge in [-0.25, -0.2) is 0 Å². The van der Waals surface area contributed by atoms with Crippen LogP contribution in [0, 0.1) is 0 Å². The Morgan fingerprint density at radius 2 is 2.25 bits per heavy atom. The molecule has 2 heterocycles. The molecule has 0 radical (unpaired) electrons. The number of likely N-dealkylation sites (tertiary alicyclic amines) is 1. The third-order valence-electron chi connectivity index (χ3n) is 3.68. The highest BCUT2D eigenvalue weighted by Crippen LogP contribution is 2.20. The predicted molar refractivity (Wildman–Crippen MR) is 79.4 cm³/mol. The summed E-state index contributed by atoms with van der Waals surface area (Å²) in [6, 6.07) is 2.95. The van der Waals surface area contributed by atoms with Crippen LogP contribution < -0.4 is 5.56 Å². The number of aliphatic hydroxyl groups is 1. The van der Waals surface area contributed by atoms with Crippen molar-refractivity contribution in [3.8, 4) is 0 Å². The Kier molecular flexibility index (Phi) is 4.99. The minimum atomic E-state index is -0.543. The van der Waals surface area contributed by atoms with Crippen LogP contribution in [0.3, 0.4) is 0 Å². The number of hydrogen-bond donors (Lipinski definition) is 1. The molecule has 2 atom stereocenters. The molecule has 0 spiro atoms. The molecular formula is C14H19BrN2O3. The molecule has 1 aliphatic rings. The highest BCUT2D eigenvalue weighted by atomic mass is 79.9. The maximum absolute atomic E-state index is 12.4. The highest BCUT2D eigenvalue weighted by molar-refractivity contribution is 9.10. The number of hydrogen-bond acceptors (Lipinski definition) is 3. The van der Waals surface area contributed by atoms with Crippen molar-refractivity contribution >= 4 is 21.8 Å². The Hall–Kier alpha value is -1.14. The van der Waals surface area contributed by atoms with Crippen LogP contribution in [0.25, 0.3) is 0 Å². The van der Waals surface area contributed by atoms with E-state index in [1.807, 2.05) is 0 Å². The maximum Gasteiger partial charge on any atom is 0.251 e. The molecule has 2 unspecified atom stereocenters. The first-order valence-electron chi connectivity index (χ1n) is 6.82. The zero-order valence-corrected chi connectivity index (χ0v) is 13.0. The van der Waals surface area contributed by atoms with Gasteiger partial charge in [-0.1, -0.05) is 0 Å². The second kappa shape index (κ2) is 6.54. The largest absolute Gasteiger partial charge is 0.391 e. The van der Waals surface area contributed by atoms with E-state index in [0.717, 1.165) is 23.7 Å². The van der Waals surface area contributed by atoms with Crippen molar-refractivity contribution < 1.29 is 9.90 Å². The first kappa shape index (κ1) is 15.3. The number of nitrogens with zero attached hydrogens (tertiary/aromatic N) is 2. The number of rotatable bonds is 3. The molecule has 1 fully saturated rings. The molecule has 2 rings (SSSR count). The van der Waals surface area contributed by atoms with Crippen molar-refractivity contribution in [2.45, 2.75) is 44.9 Å². The molecule has 1 amide bonds. The fourth-order valence-corrected chi connectivity index (χ4v) is 3.01. The summed E-state index contributed by atoms with van der Waals surface area (Å²) in [7, 11) is 0. The van der Waals surface area contributed by atoms with Crippen LogP contribution >= 0.6 is 15.9 Å². The summed E-state index contributed by atoms with van der Waals surface area (Å²) in [4.78, 5) is 25.8. The summed E-state index contributed by atoms with van der Waals surface area (Å²) in [5.41, 5.74) is -0.202. The number of aliphatic hydroxyl groups excluding tert-OH is 1. The van der Waals surface area contributed by atoms with Crippen LogP contribution in [-0.2, 0) is 11.3 Å². The van der Waals surface area contributed by atoms with E-state index in [4.69, 9.17) is 0 Å². The molecule has 20 heavy (non-hydrogen) atoms. The molecule has 1 saturated heterocycles. The Labute approximate surface area is 126 Å². The number of carbonyl (C=O) groups excluding carboxylic acids is 1. The van der Waals surface area contributed by atoms with E-state index in [0.29, 0.717) is 6.54 Å². The van der Waals surface area contributed by atoms with Gasteiger partial charge in [0.1, 0.15) is 6.54 Å². The molecule has 1 aromatic heterocycles. The number of pyridine rings is 1. The van der Waals surface area contributed by atoms with Crippen LogP contribution in [0.5, 0.6) is 0 Å². The molecule has 110 valence electrons. The van der Waals surface area contributed by atoms with Crippen LogP contribution in [0.15, 0.2) is 27.6 Å². The molecule has 1 aromatic rings. The first-order chi connectivity index (χ1) is 9.49. The van der Waals surface area contributed by atoms with Gasteiger partial charge in [0.15, 0.2) is 0 Å². The average molecular weight is 343 g/mol. The lowest BCUT2D eigenvalue weighted by Gasteiger charge is -2.37. The van der Waals surface area contributed by atoms with Crippen molar-refractivity contribution in [1.82, 2.24) is 9.47 Å². The predicted octanol–water partition coefficient (Wildman–Crippen LogP) is 1.37. The number of halogens is 1. The smallest absolute Gasteiger partial charge is 0.251 e. The van der Waals surface area contributed by atoms with E-state index in [1.54, 1.807) is 24.1 Å². The summed E-state index contributed by atoms with van der Waals surface area (Å²) in [6.07, 6.45) is 3.86. The Morgan fingerprint density at radius 1 is 1.50 bits per heavy atom. The summed E-state index contributed by atoms with van der Waals surface area (Å²) < 4.78 is 2.15. The molecule has 0 aromatic carbocycles. The van der Waals surface area contributed by atoms with E-state index in [9.17, 15) is 14.7 Å². The average Bonchev–Trinajstić information content (AvgIpc) is 2.42. The fourth-order valence-electron chi connectivity index (χ4n) is 2.63. The third-order valence-corrected chi connectivity index (χ3v) is 4.15. The van der Waals surface area contributed by atoms with E-state index in [-0.39, 0.29) is 24.1 Å². The van der Waals surface area contributed by atoms with Gasteiger partial charge in [-0.05, 0) is 48.2 Å². The molecule has 6 heteroatoms. The third kappa shape index (κ3) is 3.49. The lowest BCUT2D eigenvalue weighted by atomic mass is 9.98. The molecule has 0 bridgehead atoms. The summed E-state index contributed by atoms with van der Waals surface area (Å²) in [6.45, 7) is 2.38. The standard InChI is InChI=1S/C14H19BrN2O3/c1-10(18)12-4-2-3-7-17(12)14(20)9-16-8-11(15)5-6-13(16)19/h5-6,8,10,12,18H,2-4,7,9H2,1H3.